The Morgan fingerprint density at radius 3 is 2.50 bits per heavy atom. The Balaban J connectivity index is 2.98. The second-order valence-corrected chi connectivity index (χ2v) is 4.31. The van der Waals surface area contributed by atoms with Crippen LogP contribution in [-0.2, 0) is 4.74 Å². The Labute approximate surface area is 109 Å². The van der Waals surface area contributed by atoms with E-state index in [4.69, 9.17) is 9.47 Å². The van der Waals surface area contributed by atoms with Gasteiger partial charge in [0, 0.05) is 12.2 Å². The monoisotopic (exact) mass is 250 g/mol. The Hall–Kier alpha value is -1.35. The van der Waals surface area contributed by atoms with Gasteiger partial charge in [-0.3, -0.25) is 4.79 Å². The number of carbonyl (C=O) groups is 1. The molecule has 0 spiro atoms. The number of hydrogen-bond acceptors (Lipinski definition) is 3. The van der Waals surface area contributed by atoms with Crippen LogP contribution in [0.4, 0.5) is 0 Å². The highest BCUT2D eigenvalue weighted by Gasteiger charge is 2.32. The maximum Gasteiger partial charge on any atom is 0.194 e. The quantitative estimate of drug-likeness (QED) is 0.695. The fraction of sp³-hybridized carbons (Fsp3) is 0.533. The van der Waals surface area contributed by atoms with E-state index in [1.165, 1.54) is 0 Å². The van der Waals surface area contributed by atoms with Crippen LogP contribution in [0.25, 0.3) is 0 Å². The van der Waals surface area contributed by atoms with Crippen LogP contribution in [0.1, 0.15) is 44.5 Å². The van der Waals surface area contributed by atoms with Crippen LogP contribution in [0, 0.1) is 0 Å². The highest BCUT2D eigenvalue weighted by Crippen LogP contribution is 2.23. The van der Waals surface area contributed by atoms with Gasteiger partial charge in [-0.2, -0.15) is 0 Å². The molecule has 0 bridgehead atoms. The molecule has 1 aromatic carbocycles. The number of ether oxygens (including phenoxy) is 2. The van der Waals surface area contributed by atoms with Crippen molar-refractivity contribution in [2.24, 2.45) is 0 Å². The molecule has 1 unspecified atom stereocenters. The Kier molecular flexibility index (Phi) is 5.35. The van der Waals surface area contributed by atoms with Gasteiger partial charge in [-0.05, 0) is 39.3 Å². The van der Waals surface area contributed by atoms with Crippen molar-refractivity contribution >= 4 is 5.78 Å². The van der Waals surface area contributed by atoms with Gasteiger partial charge in [0.15, 0.2) is 5.78 Å². The third-order valence-corrected chi connectivity index (χ3v) is 3.03. The van der Waals surface area contributed by atoms with E-state index in [2.05, 4.69) is 0 Å². The molecule has 0 N–H and O–H groups in total. The van der Waals surface area contributed by atoms with Crippen LogP contribution in [0.5, 0.6) is 5.75 Å². The van der Waals surface area contributed by atoms with E-state index in [9.17, 15) is 4.79 Å². The van der Waals surface area contributed by atoms with Gasteiger partial charge in [-0.15, -0.1) is 0 Å². The van der Waals surface area contributed by atoms with Crippen molar-refractivity contribution in [2.75, 3.05) is 13.2 Å². The lowest BCUT2D eigenvalue weighted by molar-refractivity contribution is -0.0116. The molecule has 0 aromatic heterocycles. The predicted octanol–water partition coefficient (Wildman–Crippen LogP) is 3.47. The Morgan fingerprint density at radius 1 is 1.22 bits per heavy atom. The van der Waals surface area contributed by atoms with Crippen molar-refractivity contribution in [1.82, 2.24) is 0 Å². The topological polar surface area (TPSA) is 35.5 Å². The molecular weight excluding hydrogens is 228 g/mol. The van der Waals surface area contributed by atoms with Crippen LogP contribution >= 0.6 is 0 Å². The smallest absolute Gasteiger partial charge is 0.194 e. The van der Waals surface area contributed by atoms with E-state index in [-0.39, 0.29) is 5.78 Å². The lowest BCUT2D eigenvalue weighted by atomic mass is 9.92. The second-order valence-electron chi connectivity index (χ2n) is 4.31. The summed E-state index contributed by atoms with van der Waals surface area (Å²) in [5, 5.41) is 0. The fourth-order valence-corrected chi connectivity index (χ4v) is 1.85. The van der Waals surface area contributed by atoms with Gasteiger partial charge < -0.3 is 9.47 Å². The Morgan fingerprint density at radius 2 is 1.94 bits per heavy atom. The van der Waals surface area contributed by atoms with Crippen molar-refractivity contribution in [3.05, 3.63) is 29.8 Å². The normalized spacial score (nSPS) is 14.0. The lowest BCUT2D eigenvalue weighted by Crippen LogP contribution is -2.37. The molecule has 0 aliphatic carbocycles. The largest absolute Gasteiger partial charge is 0.494 e. The second kappa shape index (κ2) is 6.55. The van der Waals surface area contributed by atoms with E-state index >= 15 is 0 Å². The third kappa shape index (κ3) is 3.33. The van der Waals surface area contributed by atoms with Gasteiger partial charge in [0.2, 0.25) is 0 Å². The molecule has 100 valence electrons. The predicted molar refractivity (Wildman–Crippen MR) is 72.3 cm³/mol. The maximum absolute atomic E-state index is 12.5. The molecule has 0 fully saturated rings. The van der Waals surface area contributed by atoms with Crippen LogP contribution < -0.4 is 4.74 Å². The third-order valence-electron chi connectivity index (χ3n) is 3.03. The van der Waals surface area contributed by atoms with E-state index in [0.29, 0.717) is 25.2 Å². The summed E-state index contributed by atoms with van der Waals surface area (Å²) in [6, 6.07) is 7.26. The molecule has 0 aliphatic rings. The van der Waals surface area contributed by atoms with Crippen molar-refractivity contribution in [2.45, 2.75) is 39.7 Å². The standard InChI is InChI=1S/C15H22O3/c1-5-15(4,18-7-3)14(16)12-9-8-10-13(11-12)17-6-2/h8-11H,5-7H2,1-4H3. The number of Topliss-reactive ketones (excluding diaryl/α,β-unsaturated/α-hetero) is 1. The molecule has 1 atom stereocenters. The van der Waals surface area contributed by atoms with Crippen LogP contribution in [0.3, 0.4) is 0 Å². The van der Waals surface area contributed by atoms with Gasteiger partial charge in [0.1, 0.15) is 11.4 Å². The van der Waals surface area contributed by atoms with Crippen molar-refractivity contribution in [3.63, 3.8) is 0 Å². The van der Waals surface area contributed by atoms with E-state index < -0.39 is 5.60 Å². The SMILES string of the molecule is CCOc1cccc(C(=O)C(C)(CC)OCC)c1. The first kappa shape index (κ1) is 14.7. The van der Waals surface area contributed by atoms with Gasteiger partial charge in [0.05, 0.1) is 6.61 Å². The van der Waals surface area contributed by atoms with E-state index in [1.807, 2.05) is 39.8 Å². The molecule has 1 rings (SSSR count). The summed E-state index contributed by atoms with van der Waals surface area (Å²) in [6.07, 6.45) is 0.651. The molecule has 0 radical (unpaired) electrons. The van der Waals surface area contributed by atoms with E-state index in [0.717, 1.165) is 5.75 Å². The first-order chi connectivity index (χ1) is 8.57. The zero-order valence-electron chi connectivity index (χ0n) is 11.7. The van der Waals surface area contributed by atoms with Gasteiger partial charge in [-0.25, -0.2) is 0 Å². The van der Waals surface area contributed by atoms with Gasteiger partial charge >= 0.3 is 0 Å². The average Bonchev–Trinajstić information content (AvgIpc) is 2.39. The summed E-state index contributed by atoms with van der Waals surface area (Å²) in [5.74, 6) is 0.728. The first-order valence-corrected chi connectivity index (χ1v) is 6.49. The van der Waals surface area contributed by atoms with Crippen molar-refractivity contribution in [3.8, 4) is 5.75 Å². The summed E-state index contributed by atoms with van der Waals surface area (Å²) in [5.41, 5.74) is -0.113. The minimum Gasteiger partial charge on any atom is -0.494 e. The summed E-state index contributed by atoms with van der Waals surface area (Å²) >= 11 is 0. The molecule has 0 aliphatic heterocycles. The molecule has 1 aromatic rings. The van der Waals surface area contributed by atoms with Crippen molar-refractivity contribution in [1.29, 1.82) is 0 Å². The molecule has 0 saturated carbocycles. The highest BCUT2D eigenvalue weighted by atomic mass is 16.5. The van der Waals surface area contributed by atoms with E-state index in [1.54, 1.807) is 12.1 Å². The summed E-state index contributed by atoms with van der Waals surface area (Å²) in [7, 11) is 0. The first-order valence-electron chi connectivity index (χ1n) is 6.49. The number of rotatable bonds is 7. The molecule has 0 amide bonds. The number of carbonyl (C=O) groups excluding carboxylic acids is 1. The number of benzene rings is 1. The number of ketones is 1. The summed E-state index contributed by atoms with van der Waals surface area (Å²) in [6.45, 7) is 8.74. The molecule has 18 heavy (non-hydrogen) atoms. The van der Waals surface area contributed by atoms with Crippen LogP contribution in [0.15, 0.2) is 24.3 Å². The minimum absolute atomic E-state index is 0.00778. The van der Waals surface area contributed by atoms with Crippen LogP contribution in [0.2, 0.25) is 0 Å². The van der Waals surface area contributed by atoms with Crippen molar-refractivity contribution < 1.29 is 14.3 Å². The molecular formula is C15H22O3. The molecule has 3 nitrogen and oxygen atoms in total. The van der Waals surface area contributed by atoms with Crippen LogP contribution in [-0.4, -0.2) is 24.6 Å². The fourth-order valence-electron chi connectivity index (χ4n) is 1.85. The zero-order chi connectivity index (χ0) is 13.6. The summed E-state index contributed by atoms with van der Waals surface area (Å²) < 4.78 is 11.0. The zero-order valence-corrected chi connectivity index (χ0v) is 11.7. The average molecular weight is 250 g/mol. The Bertz CT molecular complexity index is 400. The molecule has 0 saturated heterocycles. The molecule has 3 heteroatoms. The summed E-state index contributed by atoms with van der Waals surface area (Å²) in [4.78, 5) is 12.5. The number of hydrogen-bond donors (Lipinski definition) is 0. The molecule has 0 heterocycles. The lowest BCUT2D eigenvalue weighted by Gasteiger charge is -2.26. The van der Waals surface area contributed by atoms with Gasteiger partial charge in [0.25, 0.3) is 0 Å². The highest BCUT2D eigenvalue weighted by molar-refractivity contribution is 6.02. The maximum atomic E-state index is 12.5. The van der Waals surface area contributed by atoms with Gasteiger partial charge in [-0.1, -0.05) is 19.1 Å². The minimum atomic E-state index is -0.750.